The van der Waals surface area contributed by atoms with Crippen molar-refractivity contribution in [2.45, 2.75) is 160 Å². The predicted molar refractivity (Wildman–Crippen MR) is 175 cm³/mol. The van der Waals surface area contributed by atoms with Crippen LogP contribution in [0.25, 0.3) is 11.1 Å². The van der Waals surface area contributed by atoms with Crippen molar-refractivity contribution in [3.63, 3.8) is 0 Å². The van der Waals surface area contributed by atoms with Crippen LogP contribution in [0.4, 0.5) is 26.3 Å². The van der Waals surface area contributed by atoms with E-state index < -0.39 is 51.8 Å². The minimum atomic E-state index is -3.51. The molecule has 6 heteroatoms. The van der Waals surface area contributed by atoms with Gasteiger partial charge in [-0.3, -0.25) is 0 Å². The van der Waals surface area contributed by atoms with Gasteiger partial charge in [0.15, 0.2) is 23.3 Å². The summed E-state index contributed by atoms with van der Waals surface area (Å²) in [6, 6.07) is 3.79. The molecule has 2 aromatic carbocycles. The Labute approximate surface area is 273 Å². The Bertz CT molecular complexity index is 1260. The first kappa shape index (κ1) is 35.3. The Balaban J connectivity index is 1.11. The number of hydrogen-bond donors (Lipinski definition) is 0. The molecule has 0 aliphatic heterocycles. The van der Waals surface area contributed by atoms with Crippen LogP contribution >= 0.6 is 0 Å². The van der Waals surface area contributed by atoms with Crippen LogP contribution in [0.1, 0.15) is 158 Å². The highest BCUT2D eigenvalue weighted by Gasteiger charge is 2.48. The lowest BCUT2D eigenvalue weighted by Gasteiger charge is -2.34. The fourth-order valence-corrected chi connectivity index (χ4v) is 7.62. The van der Waals surface area contributed by atoms with Gasteiger partial charge in [-0.05, 0) is 61.1 Å². The van der Waals surface area contributed by atoms with Crippen LogP contribution in [0.3, 0.4) is 0 Å². The van der Waals surface area contributed by atoms with E-state index in [1.165, 1.54) is 89.2 Å². The Hall–Kier alpha value is -1.98. The molecule has 0 aromatic heterocycles. The van der Waals surface area contributed by atoms with Crippen molar-refractivity contribution in [1.82, 2.24) is 0 Å². The molecule has 2 saturated carbocycles. The zero-order valence-corrected chi connectivity index (χ0v) is 27.7. The molecule has 0 N–H and O–H groups in total. The molecule has 3 aliphatic carbocycles. The number of halogens is 6. The Morgan fingerprint density at radius 2 is 1.02 bits per heavy atom. The average molecular weight is 649 g/mol. The molecule has 0 spiro atoms. The standard InChI is InChI=1S/C40H54F6/c41-36-30(17-13-9-5-1-3-7-11-15-28-19-20-28)24-26-33(37(36)42)34-27-31-23-25-32(40(45,46)35(31)39(44)38(34)43)18-14-10-6-2-4-8-12-16-29-21-22-29/h24,26-29,32H,1-23,25H2. The first-order valence-corrected chi connectivity index (χ1v) is 18.6. The molecule has 1 atom stereocenters. The lowest BCUT2D eigenvalue weighted by atomic mass is 9.77. The molecular weight excluding hydrogens is 594 g/mol. The highest BCUT2D eigenvalue weighted by molar-refractivity contribution is 5.68. The summed E-state index contributed by atoms with van der Waals surface area (Å²) in [5.41, 5.74) is -1.64. The van der Waals surface area contributed by atoms with Crippen molar-refractivity contribution in [1.29, 1.82) is 0 Å². The smallest absolute Gasteiger partial charge is 0.203 e. The fraction of sp³-hybridized carbons (Fsp3) is 0.700. The molecule has 0 nitrogen and oxygen atoms in total. The molecule has 2 aromatic rings. The summed E-state index contributed by atoms with van der Waals surface area (Å²) in [4.78, 5) is 0. The van der Waals surface area contributed by atoms with Gasteiger partial charge in [0.1, 0.15) is 0 Å². The van der Waals surface area contributed by atoms with Gasteiger partial charge in [-0.25, -0.2) is 26.3 Å². The topological polar surface area (TPSA) is 0 Å². The molecule has 46 heavy (non-hydrogen) atoms. The maximum atomic E-state index is 15.6. The number of alkyl halides is 2. The van der Waals surface area contributed by atoms with Crippen molar-refractivity contribution in [2.24, 2.45) is 17.8 Å². The molecule has 0 amide bonds. The molecule has 256 valence electrons. The van der Waals surface area contributed by atoms with Crippen LogP contribution in [-0.2, 0) is 18.8 Å². The molecule has 1 unspecified atom stereocenters. The highest BCUT2D eigenvalue weighted by atomic mass is 19.3. The van der Waals surface area contributed by atoms with Gasteiger partial charge < -0.3 is 0 Å². The van der Waals surface area contributed by atoms with Crippen LogP contribution in [0.5, 0.6) is 0 Å². The van der Waals surface area contributed by atoms with Crippen LogP contribution < -0.4 is 0 Å². The number of hydrogen-bond acceptors (Lipinski definition) is 0. The molecule has 0 saturated heterocycles. The maximum absolute atomic E-state index is 15.6. The van der Waals surface area contributed by atoms with E-state index in [0.29, 0.717) is 12.8 Å². The summed E-state index contributed by atoms with van der Waals surface area (Å²) in [6.07, 6.45) is 24.1. The van der Waals surface area contributed by atoms with E-state index in [1.54, 1.807) is 0 Å². The van der Waals surface area contributed by atoms with Crippen LogP contribution in [0.15, 0.2) is 18.2 Å². The molecule has 5 rings (SSSR count). The van der Waals surface area contributed by atoms with Crippen LogP contribution in [-0.4, -0.2) is 0 Å². The normalized spacial score (nSPS) is 19.0. The quantitative estimate of drug-likeness (QED) is 0.0933. The van der Waals surface area contributed by atoms with Crippen molar-refractivity contribution >= 4 is 0 Å². The molecule has 0 radical (unpaired) electrons. The van der Waals surface area contributed by atoms with Crippen molar-refractivity contribution in [3.8, 4) is 11.1 Å². The van der Waals surface area contributed by atoms with Crippen LogP contribution in [0, 0.1) is 41.0 Å². The second kappa shape index (κ2) is 16.9. The number of rotatable bonds is 21. The zero-order valence-electron chi connectivity index (χ0n) is 27.7. The van der Waals surface area contributed by atoms with E-state index in [1.807, 2.05) is 0 Å². The van der Waals surface area contributed by atoms with Gasteiger partial charge in [0.05, 0.1) is 5.56 Å². The first-order chi connectivity index (χ1) is 22.3. The van der Waals surface area contributed by atoms with Gasteiger partial charge in [0.2, 0.25) is 0 Å². The Kier molecular flexibility index (Phi) is 13.0. The van der Waals surface area contributed by atoms with Gasteiger partial charge in [0.25, 0.3) is 5.92 Å². The van der Waals surface area contributed by atoms with Crippen molar-refractivity contribution in [2.75, 3.05) is 0 Å². The second-order valence-electron chi connectivity index (χ2n) is 14.8. The monoisotopic (exact) mass is 648 g/mol. The number of unbranched alkanes of at least 4 members (excludes halogenated alkanes) is 12. The number of fused-ring (bicyclic) bond motifs is 1. The summed E-state index contributed by atoms with van der Waals surface area (Å²) >= 11 is 0. The number of benzene rings is 2. The van der Waals surface area contributed by atoms with Crippen LogP contribution in [0.2, 0.25) is 0 Å². The van der Waals surface area contributed by atoms with Gasteiger partial charge in [-0.2, -0.15) is 0 Å². The lowest BCUT2D eigenvalue weighted by molar-refractivity contribution is -0.0823. The van der Waals surface area contributed by atoms with Gasteiger partial charge in [-0.1, -0.05) is 134 Å². The molecule has 0 heterocycles. The summed E-state index contributed by atoms with van der Waals surface area (Å²) in [6.45, 7) is 0. The van der Waals surface area contributed by atoms with E-state index >= 15 is 26.3 Å². The van der Waals surface area contributed by atoms with Gasteiger partial charge in [0, 0.05) is 17.0 Å². The summed E-state index contributed by atoms with van der Waals surface area (Å²) in [5.74, 6) is -8.12. The second-order valence-corrected chi connectivity index (χ2v) is 14.8. The maximum Gasteiger partial charge on any atom is 0.279 e. The summed E-state index contributed by atoms with van der Waals surface area (Å²) < 4.78 is 92.1. The van der Waals surface area contributed by atoms with E-state index in [4.69, 9.17) is 0 Å². The third kappa shape index (κ3) is 9.56. The molecule has 0 bridgehead atoms. The summed E-state index contributed by atoms with van der Waals surface area (Å²) in [7, 11) is 0. The minimum absolute atomic E-state index is 0.0160. The average Bonchev–Trinajstić information content (AvgIpc) is 3.97. The lowest BCUT2D eigenvalue weighted by Crippen LogP contribution is -2.33. The van der Waals surface area contributed by atoms with Crippen molar-refractivity contribution < 1.29 is 26.3 Å². The van der Waals surface area contributed by atoms with Gasteiger partial charge >= 0.3 is 0 Å². The largest absolute Gasteiger partial charge is 0.279 e. The SMILES string of the molecule is Fc1c(CCCCCCCCCC2CC2)ccc(-c2cc3c(c(F)c2F)C(F)(F)C(CCCCCCCCCC2CC2)CC3)c1F. The van der Waals surface area contributed by atoms with E-state index in [0.717, 1.165) is 62.8 Å². The first-order valence-electron chi connectivity index (χ1n) is 18.6. The van der Waals surface area contributed by atoms with Crippen molar-refractivity contribution in [3.05, 3.63) is 58.2 Å². The van der Waals surface area contributed by atoms with E-state index in [2.05, 4.69) is 0 Å². The number of aryl methyl sites for hydroxylation is 2. The van der Waals surface area contributed by atoms with E-state index in [-0.39, 0.29) is 30.4 Å². The Morgan fingerprint density at radius 3 is 1.59 bits per heavy atom. The predicted octanol–water partition coefficient (Wildman–Crippen LogP) is 13.6. The third-order valence-corrected chi connectivity index (χ3v) is 11.0. The van der Waals surface area contributed by atoms with Gasteiger partial charge in [-0.15, -0.1) is 0 Å². The molecular formula is C40H54F6. The third-order valence-electron chi connectivity index (χ3n) is 11.0. The Morgan fingerprint density at radius 1 is 0.522 bits per heavy atom. The molecule has 3 aliphatic rings. The summed E-state index contributed by atoms with van der Waals surface area (Å²) in [5, 5.41) is 0. The molecule has 2 fully saturated rings. The van der Waals surface area contributed by atoms with E-state index in [9.17, 15) is 0 Å². The zero-order chi connectivity index (χ0) is 32.5. The fourth-order valence-electron chi connectivity index (χ4n) is 7.62. The minimum Gasteiger partial charge on any atom is -0.203 e. The highest BCUT2D eigenvalue weighted by Crippen LogP contribution is 2.49.